The van der Waals surface area contributed by atoms with Gasteiger partial charge in [0.2, 0.25) is 5.91 Å². The number of hydrogen-bond acceptors (Lipinski definition) is 2. The van der Waals surface area contributed by atoms with Crippen molar-refractivity contribution in [2.45, 2.75) is 31.1 Å². The second kappa shape index (κ2) is 6.15. The molecule has 0 saturated heterocycles. The number of rotatable bonds is 5. The van der Waals surface area contributed by atoms with Crippen LogP contribution in [0.1, 0.15) is 30.4 Å². The second-order valence-corrected chi connectivity index (χ2v) is 5.82. The topological polar surface area (TPSA) is 41.1 Å². The van der Waals surface area contributed by atoms with E-state index in [4.69, 9.17) is 0 Å². The number of halogens is 1. The number of hydrogen-bond donors (Lipinski definition) is 2. The third kappa shape index (κ3) is 2.57. The molecule has 2 atom stereocenters. The molecular weight excluding hydrogens is 272 g/mol. The van der Waals surface area contributed by atoms with Gasteiger partial charge in [-0.25, -0.2) is 0 Å². The molecule has 4 heteroatoms. The lowest BCUT2D eigenvalue weighted by Crippen LogP contribution is -2.30. The zero-order valence-electron chi connectivity index (χ0n) is 11.9. The standard InChI is InChI=1S/C16H22N2O.ClH/c1-17-9-4-10-18-15(19)14-11-16(14)8-7-12-5-2-3-6-13(12)16;/h2-3,5-6,14,17H,4,7-11H2,1H3,(H,18,19);1H. The smallest absolute Gasteiger partial charge is 0.224 e. The maximum absolute atomic E-state index is 12.2. The minimum absolute atomic E-state index is 0. The first kappa shape index (κ1) is 15.3. The predicted molar refractivity (Wildman–Crippen MR) is 83.3 cm³/mol. The maximum atomic E-state index is 12.2. The zero-order valence-corrected chi connectivity index (χ0v) is 12.8. The van der Waals surface area contributed by atoms with Gasteiger partial charge in [-0.3, -0.25) is 4.79 Å². The fourth-order valence-electron chi connectivity index (χ4n) is 3.54. The molecule has 2 N–H and O–H groups in total. The summed E-state index contributed by atoms with van der Waals surface area (Å²) in [5, 5.41) is 6.18. The van der Waals surface area contributed by atoms with Crippen molar-refractivity contribution >= 4 is 18.3 Å². The summed E-state index contributed by atoms with van der Waals surface area (Å²) in [5.74, 6) is 0.471. The second-order valence-electron chi connectivity index (χ2n) is 5.82. The van der Waals surface area contributed by atoms with Crippen LogP contribution in [-0.4, -0.2) is 26.0 Å². The van der Waals surface area contributed by atoms with Gasteiger partial charge in [0.25, 0.3) is 0 Å². The van der Waals surface area contributed by atoms with Crippen molar-refractivity contribution in [3.63, 3.8) is 0 Å². The molecule has 1 amide bonds. The van der Waals surface area contributed by atoms with Gasteiger partial charge in [0.15, 0.2) is 0 Å². The van der Waals surface area contributed by atoms with Crippen molar-refractivity contribution in [2.75, 3.05) is 20.1 Å². The number of nitrogens with one attached hydrogen (secondary N) is 2. The number of fused-ring (bicyclic) bond motifs is 2. The van der Waals surface area contributed by atoms with Crippen LogP contribution in [-0.2, 0) is 16.6 Å². The molecule has 1 fully saturated rings. The van der Waals surface area contributed by atoms with Crippen LogP contribution >= 0.6 is 12.4 Å². The van der Waals surface area contributed by atoms with Gasteiger partial charge in [-0.1, -0.05) is 24.3 Å². The summed E-state index contributed by atoms with van der Waals surface area (Å²) >= 11 is 0. The van der Waals surface area contributed by atoms with Crippen molar-refractivity contribution < 1.29 is 4.79 Å². The van der Waals surface area contributed by atoms with Gasteiger partial charge in [-0.2, -0.15) is 0 Å². The molecule has 3 nitrogen and oxygen atoms in total. The third-order valence-electron chi connectivity index (χ3n) is 4.69. The Balaban J connectivity index is 0.00000147. The van der Waals surface area contributed by atoms with Crippen molar-refractivity contribution in [2.24, 2.45) is 5.92 Å². The molecule has 0 heterocycles. The molecule has 0 radical (unpaired) electrons. The van der Waals surface area contributed by atoms with Crippen molar-refractivity contribution in [1.82, 2.24) is 10.6 Å². The lowest BCUT2D eigenvalue weighted by Gasteiger charge is -2.11. The first-order valence-electron chi connectivity index (χ1n) is 7.28. The number of carbonyl (C=O) groups is 1. The Morgan fingerprint density at radius 3 is 2.95 bits per heavy atom. The molecule has 0 aliphatic heterocycles. The molecular formula is C16H23ClN2O. The predicted octanol–water partition coefficient (Wildman–Crippen LogP) is 2.04. The summed E-state index contributed by atoms with van der Waals surface area (Å²) in [6.45, 7) is 1.74. The molecule has 1 aromatic rings. The summed E-state index contributed by atoms with van der Waals surface area (Å²) in [7, 11) is 1.94. The summed E-state index contributed by atoms with van der Waals surface area (Å²) in [5.41, 5.74) is 3.07. The molecule has 1 saturated carbocycles. The third-order valence-corrected chi connectivity index (χ3v) is 4.69. The van der Waals surface area contributed by atoms with E-state index < -0.39 is 0 Å². The Morgan fingerprint density at radius 1 is 1.35 bits per heavy atom. The average molecular weight is 295 g/mol. The van der Waals surface area contributed by atoms with Gasteiger partial charge in [-0.05, 0) is 50.4 Å². The van der Waals surface area contributed by atoms with Crippen LogP contribution < -0.4 is 10.6 Å². The molecule has 1 aromatic carbocycles. The summed E-state index contributed by atoms with van der Waals surface area (Å²) in [6, 6.07) is 8.64. The van der Waals surface area contributed by atoms with E-state index in [-0.39, 0.29) is 29.6 Å². The Morgan fingerprint density at radius 2 is 2.15 bits per heavy atom. The molecule has 0 bridgehead atoms. The highest BCUT2D eigenvalue weighted by molar-refractivity contribution is 5.85. The van der Waals surface area contributed by atoms with E-state index in [0.717, 1.165) is 38.8 Å². The molecule has 0 aromatic heterocycles. The number of amides is 1. The van der Waals surface area contributed by atoms with Crippen molar-refractivity contribution in [1.29, 1.82) is 0 Å². The van der Waals surface area contributed by atoms with Crippen LogP contribution in [0, 0.1) is 5.92 Å². The van der Waals surface area contributed by atoms with Gasteiger partial charge >= 0.3 is 0 Å². The summed E-state index contributed by atoms with van der Waals surface area (Å²) in [6.07, 6.45) is 4.33. The van der Waals surface area contributed by atoms with Crippen LogP contribution in [0.3, 0.4) is 0 Å². The lowest BCUT2D eigenvalue weighted by molar-refractivity contribution is -0.122. The minimum atomic E-state index is 0. The highest BCUT2D eigenvalue weighted by Gasteiger charge is 2.61. The number of benzene rings is 1. The fourth-order valence-corrected chi connectivity index (χ4v) is 3.54. The molecule has 1 spiro atoms. The van der Waals surface area contributed by atoms with E-state index in [1.807, 2.05) is 7.05 Å². The highest BCUT2D eigenvalue weighted by Crippen LogP contribution is 2.61. The first-order chi connectivity index (χ1) is 9.28. The molecule has 3 rings (SSSR count). The van der Waals surface area contributed by atoms with Crippen LogP contribution in [0.25, 0.3) is 0 Å². The summed E-state index contributed by atoms with van der Waals surface area (Å²) < 4.78 is 0. The van der Waals surface area contributed by atoms with E-state index >= 15 is 0 Å². The van der Waals surface area contributed by atoms with Crippen molar-refractivity contribution in [3.8, 4) is 0 Å². The van der Waals surface area contributed by atoms with E-state index in [1.54, 1.807) is 0 Å². The van der Waals surface area contributed by atoms with E-state index in [2.05, 4.69) is 34.9 Å². The lowest BCUT2D eigenvalue weighted by atomic mass is 9.95. The maximum Gasteiger partial charge on any atom is 0.224 e. The minimum Gasteiger partial charge on any atom is -0.356 e. The van der Waals surface area contributed by atoms with E-state index in [9.17, 15) is 4.79 Å². The van der Waals surface area contributed by atoms with Gasteiger partial charge in [-0.15, -0.1) is 12.4 Å². The zero-order chi connectivity index (χ0) is 13.3. The van der Waals surface area contributed by atoms with Crippen LogP contribution in [0.4, 0.5) is 0 Å². The Hall–Kier alpha value is -1.06. The largest absolute Gasteiger partial charge is 0.356 e. The number of carbonyl (C=O) groups excluding carboxylic acids is 1. The van der Waals surface area contributed by atoms with Crippen LogP contribution in [0.5, 0.6) is 0 Å². The molecule has 2 aliphatic rings. The number of aryl methyl sites for hydroxylation is 1. The van der Waals surface area contributed by atoms with Crippen molar-refractivity contribution in [3.05, 3.63) is 35.4 Å². The Kier molecular flexibility index (Phi) is 4.71. The molecule has 2 unspecified atom stereocenters. The normalized spacial score (nSPS) is 25.9. The van der Waals surface area contributed by atoms with Gasteiger partial charge < -0.3 is 10.6 Å². The van der Waals surface area contributed by atoms with Crippen LogP contribution in [0.15, 0.2) is 24.3 Å². The first-order valence-corrected chi connectivity index (χ1v) is 7.28. The van der Waals surface area contributed by atoms with Crippen LogP contribution in [0.2, 0.25) is 0 Å². The SMILES string of the molecule is CNCCCNC(=O)C1CC12CCc1ccccc12.Cl. The average Bonchev–Trinajstić information content (AvgIpc) is 3.06. The molecule has 20 heavy (non-hydrogen) atoms. The summed E-state index contributed by atoms with van der Waals surface area (Å²) in [4.78, 5) is 12.2. The van der Waals surface area contributed by atoms with Gasteiger partial charge in [0.05, 0.1) is 0 Å². The Bertz CT molecular complexity index is 491. The van der Waals surface area contributed by atoms with Gasteiger partial charge in [0, 0.05) is 17.9 Å². The Labute approximate surface area is 126 Å². The van der Waals surface area contributed by atoms with E-state index in [1.165, 1.54) is 11.1 Å². The monoisotopic (exact) mass is 294 g/mol. The van der Waals surface area contributed by atoms with Gasteiger partial charge in [0.1, 0.15) is 0 Å². The highest BCUT2D eigenvalue weighted by atomic mass is 35.5. The molecule has 2 aliphatic carbocycles. The fraction of sp³-hybridized carbons (Fsp3) is 0.562. The van der Waals surface area contributed by atoms with E-state index in [0.29, 0.717) is 0 Å². The quantitative estimate of drug-likeness (QED) is 0.816. The molecule has 110 valence electrons.